The lowest BCUT2D eigenvalue weighted by Crippen LogP contribution is -2.51. The number of rotatable bonds is 13. The number of sulfonamides is 1. The minimum absolute atomic E-state index is 0.00465. The van der Waals surface area contributed by atoms with E-state index in [-0.39, 0.29) is 17.3 Å². The highest BCUT2D eigenvalue weighted by Crippen LogP contribution is 2.26. The fourth-order valence-corrected chi connectivity index (χ4v) is 5.60. The normalized spacial score (nSPS) is 11.9. The molecule has 0 aromatic heterocycles. The van der Waals surface area contributed by atoms with Crippen LogP contribution in [0.2, 0.25) is 5.02 Å². The first-order valence-corrected chi connectivity index (χ1v) is 14.9. The van der Waals surface area contributed by atoms with Gasteiger partial charge in [0, 0.05) is 18.1 Å². The molecule has 0 bridgehead atoms. The average molecular weight is 586 g/mol. The summed E-state index contributed by atoms with van der Waals surface area (Å²) >= 11 is 5.99. The topological polar surface area (TPSA) is 96.0 Å². The monoisotopic (exact) mass is 585 g/mol. The van der Waals surface area contributed by atoms with Crippen LogP contribution >= 0.6 is 11.6 Å². The first kappa shape index (κ1) is 31.0. The third kappa shape index (κ3) is 7.99. The molecule has 2 amide bonds. The summed E-state index contributed by atoms with van der Waals surface area (Å²) in [6, 6.07) is 19.0. The number of hydrogen-bond donors (Lipinski definition) is 1. The van der Waals surface area contributed by atoms with Crippen LogP contribution in [0.1, 0.15) is 37.8 Å². The maximum absolute atomic E-state index is 13.9. The van der Waals surface area contributed by atoms with E-state index in [1.807, 2.05) is 19.9 Å². The van der Waals surface area contributed by atoms with Gasteiger partial charge < -0.3 is 15.0 Å². The number of carbonyl (C=O) groups excluding carboxylic acids is 2. The number of nitrogens with zero attached hydrogens (tertiary/aromatic N) is 2. The van der Waals surface area contributed by atoms with Gasteiger partial charge in [-0.25, -0.2) is 8.42 Å². The molecule has 0 aliphatic carbocycles. The zero-order valence-corrected chi connectivity index (χ0v) is 24.8. The number of aryl methyl sites for hydroxylation is 1. The van der Waals surface area contributed by atoms with Crippen molar-refractivity contribution in [3.05, 3.63) is 88.9 Å². The second kappa shape index (κ2) is 14.2. The molecule has 8 nitrogen and oxygen atoms in total. The molecular formula is C30H36ClN3O5S. The standard InChI is InChI=1S/C30H36ClN3O5S/c1-5-6-18-32-30(36)23(3)33(20-24-8-7-9-27(19-24)39-4)29(35)21-34(26-14-10-22(2)11-15-26)40(37,38)28-16-12-25(31)13-17-28/h7-17,19,23H,5-6,18,20-21H2,1-4H3,(H,32,36)/t23-/m0/s1. The number of amides is 2. The molecule has 1 N–H and O–H groups in total. The molecule has 0 saturated carbocycles. The Bertz CT molecular complexity index is 1400. The minimum atomic E-state index is -4.15. The fourth-order valence-electron chi connectivity index (χ4n) is 4.06. The third-order valence-electron chi connectivity index (χ3n) is 6.49. The summed E-state index contributed by atoms with van der Waals surface area (Å²) in [5, 5.41) is 3.27. The van der Waals surface area contributed by atoms with E-state index in [2.05, 4.69) is 5.32 Å². The van der Waals surface area contributed by atoms with Gasteiger partial charge in [0.15, 0.2) is 0 Å². The van der Waals surface area contributed by atoms with Crippen molar-refractivity contribution in [1.29, 1.82) is 0 Å². The molecule has 3 aromatic carbocycles. The Morgan fingerprint density at radius 2 is 1.70 bits per heavy atom. The van der Waals surface area contributed by atoms with Crippen LogP contribution in [0.4, 0.5) is 5.69 Å². The highest BCUT2D eigenvalue weighted by Gasteiger charge is 2.32. The Morgan fingerprint density at radius 1 is 1.02 bits per heavy atom. The number of ether oxygens (including phenoxy) is 1. The van der Waals surface area contributed by atoms with Gasteiger partial charge in [-0.05, 0) is 74.4 Å². The van der Waals surface area contributed by atoms with Gasteiger partial charge in [-0.3, -0.25) is 13.9 Å². The average Bonchev–Trinajstić information content (AvgIpc) is 2.95. The quantitative estimate of drug-likeness (QED) is 0.279. The van der Waals surface area contributed by atoms with Crippen molar-refractivity contribution in [2.45, 2.75) is 51.1 Å². The van der Waals surface area contributed by atoms with Crippen molar-refractivity contribution >= 4 is 39.1 Å². The summed E-state index contributed by atoms with van der Waals surface area (Å²) in [5.74, 6) is -0.234. The molecule has 40 heavy (non-hydrogen) atoms. The molecule has 0 heterocycles. The smallest absolute Gasteiger partial charge is 0.264 e. The van der Waals surface area contributed by atoms with Gasteiger partial charge in [-0.1, -0.05) is 54.8 Å². The third-order valence-corrected chi connectivity index (χ3v) is 8.53. The number of hydrogen-bond acceptors (Lipinski definition) is 5. The molecule has 0 aliphatic heterocycles. The van der Waals surface area contributed by atoms with E-state index in [1.54, 1.807) is 56.5 Å². The van der Waals surface area contributed by atoms with Gasteiger partial charge in [0.25, 0.3) is 10.0 Å². The van der Waals surface area contributed by atoms with Crippen LogP contribution in [0.15, 0.2) is 77.7 Å². The van der Waals surface area contributed by atoms with Crippen LogP contribution in [0.25, 0.3) is 0 Å². The maximum atomic E-state index is 13.9. The van der Waals surface area contributed by atoms with Gasteiger partial charge in [-0.15, -0.1) is 0 Å². The fraction of sp³-hybridized carbons (Fsp3) is 0.333. The predicted octanol–water partition coefficient (Wildman–Crippen LogP) is 5.19. The predicted molar refractivity (Wildman–Crippen MR) is 158 cm³/mol. The van der Waals surface area contributed by atoms with Crippen LogP contribution in [-0.2, 0) is 26.2 Å². The SMILES string of the molecule is CCCCNC(=O)[C@H](C)N(Cc1cccc(OC)c1)C(=O)CN(c1ccc(C)cc1)S(=O)(=O)c1ccc(Cl)cc1. The molecule has 0 unspecified atom stereocenters. The lowest BCUT2D eigenvalue weighted by Gasteiger charge is -2.32. The van der Waals surface area contributed by atoms with E-state index in [0.717, 1.165) is 28.3 Å². The highest BCUT2D eigenvalue weighted by atomic mass is 35.5. The molecular weight excluding hydrogens is 550 g/mol. The van der Waals surface area contributed by atoms with Gasteiger partial charge in [0.1, 0.15) is 18.3 Å². The van der Waals surface area contributed by atoms with Crippen molar-refractivity contribution in [2.75, 3.05) is 24.5 Å². The Hall–Kier alpha value is -3.56. The van der Waals surface area contributed by atoms with Crippen molar-refractivity contribution in [1.82, 2.24) is 10.2 Å². The Labute approximate surface area is 241 Å². The summed E-state index contributed by atoms with van der Waals surface area (Å²) in [6.07, 6.45) is 1.72. The number of carbonyl (C=O) groups is 2. The zero-order chi connectivity index (χ0) is 29.3. The van der Waals surface area contributed by atoms with Crippen LogP contribution in [0.5, 0.6) is 5.75 Å². The Morgan fingerprint density at radius 3 is 2.33 bits per heavy atom. The number of benzene rings is 3. The van der Waals surface area contributed by atoms with Crippen LogP contribution in [0, 0.1) is 6.92 Å². The van der Waals surface area contributed by atoms with Crippen molar-refractivity contribution in [2.24, 2.45) is 0 Å². The number of methoxy groups -OCH3 is 1. The van der Waals surface area contributed by atoms with E-state index < -0.39 is 28.5 Å². The zero-order valence-electron chi connectivity index (χ0n) is 23.3. The summed E-state index contributed by atoms with van der Waals surface area (Å²) in [4.78, 5) is 28.4. The van der Waals surface area contributed by atoms with E-state index in [0.29, 0.717) is 23.0 Å². The van der Waals surface area contributed by atoms with E-state index in [1.165, 1.54) is 29.2 Å². The number of anilines is 1. The molecule has 214 valence electrons. The minimum Gasteiger partial charge on any atom is -0.497 e. The Kier molecular flexibility index (Phi) is 11.0. The van der Waals surface area contributed by atoms with Gasteiger partial charge in [0.2, 0.25) is 11.8 Å². The molecule has 3 rings (SSSR count). The van der Waals surface area contributed by atoms with Gasteiger partial charge in [0.05, 0.1) is 17.7 Å². The highest BCUT2D eigenvalue weighted by molar-refractivity contribution is 7.92. The lowest BCUT2D eigenvalue weighted by molar-refractivity contribution is -0.139. The van der Waals surface area contributed by atoms with Gasteiger partial charge >= 0.3 is 0 Å². The maximum Gasteiger partial charge on any atom is 0.264 e. The Balaban J connectivity index is 2.00. The first-order chi connectivity index (χ1) is 19.1. The van der Waals surface area contributed by atoms with Crippen LogP contribution in [-0.4, -0.2) is 51.4 Å². The summed E-state index contributed by atoms with van der Waals surface area (Å²) in [7, 11) is -2.60. The molecule has 0 spiro atoms. The summed E-state index contributed by atoms with van der Waals surface area (Å²) in [6.45, 7) is 5.62. The molecule has 0 saturated heterocycles. The molecule has 3 aromatic rings. The van der Waals surface area contributed by atoms with Crippen molar-refractivity contribution < 1.29 is 22.7 Å². The molecule has 10 heteroatoms. The molecule has 0 fully saturated rings. The number of unbranched alkanes of at least 4 members (excludes halogenated alkanes) is 1. The molecule has 0 radical (unpaired) electrons. The number of nitrogens with one attached hydrogen (secondary N) is 1. The lowest BCUT2D eigenvalue weighted by atomic mass is 10.1. The molecule has 1 atom stereocenters. The first-order valence-electron chi connectivity index (χ1n) is 13.1. The largest absolute Gasteiger partial charge is 0.497 e. The van der Waals surface area contributed by atoms with Gasteiger partial charge in [-0.2, -0.15) is 0 Å². The summed E-state index contributed by atoms with van der Waals surface area (Å²) in [5.41, 5.74) is 2.01. The van der Waals surface area contributed by atoms with Crippen LogP contribution in [0.3, 0.4) is 0 Å². The second-order valence-electron chi connectivity index (χ2n) is 9.49. The van der Waals surface area contributed by atoms with E-state index in [9.17, 15) is 18.0 Å². The van der Waals surface area contributed by atoms with E-state index in [4.69, 9.17) is 16.3 Å². The summed E-state index contributed by atoms with van der Waals surface area (Å²) < 4.78 is 34.0. The second-order valence-corrected chi connectivity index (χ2v) is 11.8. The van der Waals surface area contributed by atoms with Crippen molar-refractivity contribution in [3.63, 3.8) is 0 Å². The number of halogens is 1. The van der Waals surface area contributed by atoms with Crippen molar-refractivity contribution in [3.8, 4) is 5.75 Å². The molecule has 0 aliphatic rings. The van der Waals surface area contributed by atoms with E-state index >= 15 is 0 Å². The van der Waals surface area contributed by atoms with Crippen LogP contribution < -0.4 is 14.4 Å².